The monoisotopic (exact) mass is 221 g/mol. The van der Waals surface area contributed by atoms with Crippen LogP contribution in [0.5, 0.6) is 0 Å². The van der Waals surface area contributed by atoms with Crippen LogP contribution in [0, 0.1) is 6.92 Å². The fraction of sp³-hybridized carbons (Fsp3) is 0.222. The highest BCUT2D eigenvalue weighted by molar-refractivity contribution is 7.09. The first-order valence-corrected chi connectivity index (χ1v) is 5.35. The molecule has 3 N–H and O–H groups in total. The van der Waals surface area contributed by atoms with Crippen molar-refractivity contribution < 1.29 is 0 Å². The summed E-state index contributed by atoms with van der Waals surface area (Å²) in [6.07, 6.45) is 1.63. The van der Waals surface area contributed by atoms with Gasteiger partial charge in [-0.15, -0.1) is 11.3 Å². The number of aromatic nitrogens is 3. The average molecular weight is 221 g/mol. The summed E-state index contributed by atoms with van der Waals surface area (Å²) >= 11 is 1.62. The smallest absolute Gasteiger partial charge is 0.221 e. The van der Waals surface area contributed by atoms with Crippen LogP contribution < -0.4 is 11.1 Å². The average Bonchev–Trinajstić information content (AvgIpc) is 2.61. The summed E-state index contributed by atoms with van der Waals surface area (Å²) in [5, 5.41) is 3.17. The van der Waals surface area contributed by atoms with Crippen LogP contribution in [0.1, 0.15) is 10.6 Å². The Morgan fingerprint density at radius 3 is 3.00 bits per heavy atom. The van der Waals surface area contributed by atoms with Crippen LogP contribution in [0.3, 0.4) is 0 Å². The highest BCUT2D eigenvalue weighted by Gasteiger charge is 2.01. The van der Waals surface area contributed by atoms with Crippen LogP contribution in [0.4, 0.5) is 11.8 Å². The first kappa shape index (κ1) is 9.85. The van der Waals surface area contributed by atoms with Crippen LogP contribution >= 0.6 is 11.3 Å². The molecule has 5 nitrogen and oxygen atoms in total. The van der Waals surface area contributed by atoms with E-state index in [4.69, 9.17) is 5.73 Å². The summed E-state index contributed by atoms with van der Waals surface area (Å²) in [7, 11) is 0. The van der Waals surface area contributed by atoms with Crippen molar-refractivity contribution in [2.24, 2.45) is 0 Å². The van der Waals surface area contributed by atoms with Gasteiger partial charge in [0.2, 0.25) is 5.95 Å². The molecule has 0 radical (unpaired) electrons. The SMILES string of the molecule is Cc1ncsc1CNc1ccnc(N)n1. The summed E-state index contributed by atoms with van der Waals surface area (Å²) in [6, 6.07) is 1.78. The Bertz CT molecular complexity index is 453. The number of aryl methyl sites for hydroxylation is 1. The first-order valence-electron chi connectivity index (χ1n) is 4.47. The lowest BCUT2D eigenvalue weighted by molar-refractivity contribution is 1.08. The Morgan fingerprint density at radius 2 is 2.33 bits per heavy atom. The Kier molecular flexibility index (Phi) is 2.77. The van der Waals surface area contributed by atoms with Gasteiger partial charge in [-0.05, 0) is 13.0 Å². The molecule has 2 aromatic rings. The Hall–Kier alpha value is -1.69. The molecule has 0 aliphatic rings. The zero-order chi connectivity index (χ0) is 10.7. The fourth-order valence-electron chi connectivity index (χ4n) is 1.14. The molecule has 0 unspecified atom stereocenters. The van der Waals surface area contributed by atoms with E-state index in [2.05, 4.69) is 20.3 Å². The summed E-state index contributed by atoms with van der Waals surface area (Å²) in [5.74, 6) is 1.01. The van der Waals surface area contributed by atoms with Crippen molar-refractivity contribution in [3.8, 4) is 0 Å². The minimum absolute atomic E-state index is 0.279. The number of hydrogen-bond donors (Lipinski definition) is 2. The predicted octanol–water partition coefficient (Wildman–Crippen LogP) is 1.44. The molecule has 78 valence electrons. The molecule has 0 aliphatic heterocycles. The minimum atomic E-state index is 0.279. The van der Waals surface area contributed by atoms with Crippen LogP contribution in [0.2, 0.25) is 0 Å². The van der Waals surface area contributed by atoms with E-state index >= 15 is 0 Å². The molecular weight excluding hydrogens is 210 g/mol. The van der Waals surface area contributed by atoms with Gasteiger partial charge in [-0.2, -0.15) is 4.98 Å². The topological polar surface area (TPSA) is 76.7 Å². The zero-order valence-corrected chi connectivity index (χ0v) is 9.08. The third-order valence-electron chi connectivity index (χ3n) is 1.95. The Balaban J connectivity index is 2.02. The third kappa shape index (κ3) is 2.41. The first-order chi connectivity index (χ1) is 7.25. The number of nitrogens with one attached hydrogen (secondary N) is 1. The van der Waals surface area contributed by atoms with Gasteiger partial charge >= 0.3 is 0 Å². The van der Waals surface area contributed by atoms with E-state index in [1.54, 1.807) is 23.6 Å². The number of hydrogen-bond acceptors (Lipinski definition) is 6. The molecule has 0 fully saturated rings. The second-order valence-electron chi connectivity index (χ2n) is 3.01. The van der Waals surface area contributed by atoms with E-state index in [0.717, 1.165) is 11.5 Å². The summed E-state index contributed by atoms with van der Waals surface area (Å²) in [6.45, 7) is 2.70. The molecule has 0 saturated heterocycles. The van der Waals surface area contributed by atoms with Gasteiger partial charge in [-0.1, -0.05) is 0 Å². The maximum absolute atomic E-state index is 5.47. The van der Waals surface area contributed by atoms with Gasteiger partial charge in [-0.25, -0.2) is 9.97 Å². The number of nitrogen functional groups attached to an aromatic ring is 1. The van der Waals surface area contributed by atoms with Crippen molar-refractivity contribution in [1.29, 1.82) is 0 Å². The van der Waals surface area contributed by atoms with Gasteiger partial charge in [0.05, 0.1) is 17.7 Å². The van der Waals surface area contributed by atoms with E-state index < -0.39 is 0 Å². The lowest BCUT2D eigenvalue weighted by Crippen LogP contribution is -2.03. The molecular formula is C9H11N5S. The second-order valence-corrected chi connectivity index (χ2v) is 3.95. The minimum Gasteiger partial charge on any atom is -0.368 e. The number of nitrogens with two attached hydrogens (primary N) is 1. The maximum atomic E-state index is 5.47. The number of thiazole rings is 1. The van der Waals surface area contributed by atoms with Gasteiger partial charge in [0, 0.05) is 11.1 Å². The third-order valence-corrected chi connectivity index (χ3v) is 2.88. The summed E-state index contributed by atoms with van der Waals surface area (Å²) in [4.78, 5) is 13.2. The standard InChI is InChI=1S/C9H11N5S/c1-6-7(15-5-13-6)4-12-8-2-3-11-9(10)14-8/h2-3,5H,4H2,1H3,(H3,10,11,12,14). The molecule has 2 rings (SSSR count). The Morgan fingerprint density at radius 1 is 1.47 bits per heavy atom. The van der Waals surface area contributed by atoms with Gasteiger partial charge in [0.25, 0.3) is 0 Å². The summed E-state index contributed by atoms with van der Waals surface area (Å²) in [5.41, 5.74) is 8.35. The lowest BCUT2D eigenvalue weighted by Gasteiger charge is -2.03. The van der Waals surface area contributed by atoms with E-state index in [-0.39, 0.29) is 5.95 Å². The highest BCUT2D eigenvalue weighted by atomic mass is 32.1. The molecule has 0 aromatic carbocycles. The number of anilines is 2. The molecule has 0 bridgehead atoms. The molecule has 0 spiro atoms. The molecule has 0 aliphatic carbocycles. The van der Waals surface area contributed by atoms with Crippen molar-refractivity contribution in [2.45, 2.75) is 13.5 Å². The summed E-state index contributed by atoms with van der Waals surface area (Å²) < 4.78 is 0. The predicted molar refractivity (Wildman–Crippen MR) is 60.6 cm³/mol. The molecule has 2 aromatic heterocycles. The number of nitrogens with zero attached hydrogens (tertiary/aromatic N) is 3. The van der Waals surface area contributed by atoms with Crippen LogP contribution in [-0.4, -0.2) is 15.0 Å². The van der Waals surface area contributed by atoms with Gasteiger partial charge in [0.1, 0.15) is 5.82 Å². The van der Waals surface area contributed by atoms with E-state index in [1.807, 2.05) is 12.4 Å². The Labute approximate surface area is 91.4 Å². The van der Waals surface area contributed by atoms with Crippen LogP contribution in [0.25, 0.3) is 0 Å². The highest BCUT2D eigenvalue weighted by Crippen LogP contribution is 2.14. The van der Waals surface area contributed by atoms with Crippen molar-refractivity contribution in [2.75, 3.05) is 11.1 Å². The number of rotatable bonds is 3. The van der Waals surface area contributed by atoms with Crippen molar-refractivity contribution in [3.05, 3.63) is 28.3 Å². The van der Waals surface area contributed by atoms with E-state index in [1.165, 1.54) is 4.88 Å². The van der Waals surface area contributed by atoms with E-state index in [9.17, 15) is 0 Å². The van der Waals surface area contributed by atoms with Gasteiger partial charge in [-0.3, -0.25) is 0 Å². The lowest BCUT2D eigenvalue weighted by atomic mass is 10.4. The fourth-order valence-corrected chi connectivity index (χ4v) is 1.86. The molecule has 15 heavy (non-hydrogen) atoms. The quantitative estimate of drug-likeness (QED) is 0.820. The van der Waals surface area contributed by atoms with Crippen LogP contribution in [0.15, 0.2) is 17.8 Å². The van der Waals surface area contributed by atoms with E-state index in [0.29, 0.717) is 6.54 Å². The molecule has 6 heteroatoms. The van der Waals surface area contributed by atoms with Crippen molar-refractivity contribution >= 4 is 23.1 Å². The molecule has 0 atom stereocenters. The molecule has 0 amide bonds. The van der Waals surface area contributed by atoms with Gasteiger partial charge in [0.15, 0.2) is 0 Å². The molecule has 2 heterocycles. The van der Waals surface area contributed by atoms with Crippen molar-refractivity contribution in [3.63, 3.8) is 0 Å². The zero-order valence-electron chi connectivity index (χ0n) is 8.27. The van der Waals surface area contributed by atoms with Crippen molar-refractivity contribution in [1.82, 2.24) is 15.0 Å². The maximum Gasteiger partial charge on any atom is 0.221 e. The van der Waals surface area contributed by atoms with Gasteiger partial charge < -0.3 is 11.1 Å². The molecule has 0 saturated carbocycles. The largest absolute Gasteiger partial charge is 0.368 e. The van der Waals surface area contributed by atoms with Crippen LogP contribution in [-0.2, 0) is 6.54 Å². The normalized spacial score (nSPS) is 10.2. The second kappa shape index (κ2) is 4.22.